The number of aryl methyl sites for hydroxylation is 1. The molecule has 0 bridgehead atoms. The van der Waals surface area contributed by atoms with Crippen LogP contribution in [0.15, 0.2) is 48.8 Å². The Morgan fingerprint density at radius 3 is 2.80 bits per heavy atom. The summed E-state index contributed by atoms with van der Waals surface area (Å²) in [5.74, 6) is 0.893. The average Bonchev–Trinajstić information content (AvgIpc) is 2.98. The van der Waals surface area contributed by atoms with Crippen LogP contribution in [-0.2, 0) is 17.9 Å². The van der Waals surface area contributed by atoms with Crippen LogP contribution in [0, 0.1) is 0 Å². The summed E-state index contributed by atoms with van der Waals surface area (Å²) in [5, 5.41) is 2.93. The van der Waals surface area contributed by atoms with Gasteiger partial charge in [0.15, 0.2) is 0 Å². The van der Waals surface area contributed by atoms with Crippen LogP contribution in [-0.4, -0.2) is 17.6 Å². The van der Waals surface area contributed by atoms with Gasteiger partial charge in [0, 0.05) is 31.9 Å². The molecule has 1 aromatic heterocycles. The van der Waals surface area contributed by atoms with Crippen molar-refractivity contribution >= 4 is 5.91 Å². The highest BCUT2D eigenvalue weighted by molar-refractivity contribution is 5.75. The summed E-state index contributed by atoms with van der Waals surface area (Å²) in [6.07, 6.45) is 5.41. The molecule has 4 heteroatoms. The molecule has 0 radical (unpaired) electrons. The standard InChI is InChI=1S/C16H20N2O2/c1-20-15-7-4-6-14(12-15)13-17-16(19)8-5-11-18-9-2-3-10-18/h2-4,6-7,9-10,12H,5,8,11,13H2,1H3,(H,17,19). The second-order valence-electron chi connectivity index (χ2n) is 4.65. The van der Waals surface area contributed by atoms with Gasteiger partial charge in [0.05, 0.1) is 7.11 Å². The summed E-state index contributed by atoms with van der Waals surface area (Å²) in [7, 11) is 1.64. The van der Waals surface area contributed by atoms with Crippen molar-refractivity contribution < 1.29 is 9.53 Å². The van der Waals surface area contributed by atoms with Gasteiger partial charge in [-0.3, -0.25) is 4.79 Å². The fourth-order valence-corrected chi connectivity index (χ4v) is 2.01. The van der Waals surface area contributed by atoms with Gasteiger partial charge in [0.25, 0.3) is 0 Å². The molecule has 0 aliphatic carbocycles. The minimum Gasteiger partial charge on any atom is -0.497 e. The maximum atomic E-state index is 11.7. The van der Waals surface area contributed by atoms with Gasteiger partial charge < -0.3 is 14.6 Å². The summed E-state index contributed by atoms with van der Waals surface area (Å²) in [4.78, 5) is 11.7. The quantitative estimate of drug-likeness (QED) is 0.842. The van der Waals surface area contributed by atoms with E-state index in [2.05, 4.69) is 9.88 Å². The van der Waals surface area contributed by atoms with Crippen LogP contribution in [0.3, 0.4) is 0 Å². The third-order valence-electron chi connectivity index (χ3n) is 3.11. The van der Waals surface area contributed by atoms with E-state index in [4.69, 9.17) is 4.74 Å². The summed E-state index contributed by atoms with van der Waals surface area (Å²) >= 11 is 0. The monoisotopic (exact) mass is 272 g/mol. The SMILES string of the molecule is COc1cccc(CNC(=O)CCCn2cccc2)c1. The van der Waals surface area contributed by atoms with Crippen LogP contribution in [0.5, 0.6) is 5.75 Å². The van der Waals surface area contributed by atoms with E-state index in [1.165, 1.54) is 0 Å². The van der Waals surface area contributed by atoms with Crippen molar-refractivity contribution in [3.63, 3.8) is 0 Å². The van der Waals surface area contributed by atoms with Crippen LogP contribution in [0.25, 0.3) is 0 Å². The normalized spacial score (nSPS) is 10.2. The number of aromatic nitrogens is 1. The number of hydrogen-bond acceptors (Lipinski definition) is 2. The number of hydrogen-bond donors (Lipinski definition) is 1. The molecule has 0 spiro atoms. The number of ether oxygens (including phenoxy) is 1. The highest BCUT2D eigenvalue weighted by atomic mass is 16.5. The van der Waals surface area contributed by atoms with Crippen LogP contribution in [0.2, 0.25) is 0 Å². The number of rotatable bonds is 7. The topological polar surface area (TPSA) is 43.3 Å². The zero-order chi connectivity index (χ0) is 14.2. The summed E-state index contributed by atoms with van der Waals surface area (Å²) in [5.41, 5.74) is 1.04. The smallest absolute Gasteiger partial charge is 0.220 e. The molecule has 4 nitrogen and oxygen atoms in total. The molecule has 0 aliphatic rings. The molecule has 2 aromatic rings. The maximum Gasteiger partial charge on any atom is 0.220 e. The van der Waals surface area contributed by atoms with Crippen molar-refractivity contribution in [1.82, 2.24) is 9.88 Å². The zero-order valence-electron chi connectivity index (χ0n) is 11.7. The molecule has 0 atom stereocenters. The van der Waals surface area contributed by atoms with Gasteiger partial charge in [0.2, 0.25) is 5.91 Å². The van der Waals surface area contributed by atoms with Crippen LogP contribution < -0.4 is 10.1 Å². The molecular formula is C16H20N2O2. The lowest BCUT2D eigenvalue weighted by Crippen LogP contribution is -2.22. The van der Waals surface area contributed by atoms with E-state index in [0.717, 1.165) is 24.3 Å². The Morgan fingerprint density at radius 1 is 1.25 bits per heavy atom. The zero-order valence-corrected chi connectivity index (χ0v) is 11.7. The van der Waals surface area contributed by atoms with E-state index >= 15 is 0 Å². The molecule has 2 rings (SSSR count). The summed E-state index contributed by atoms with van der Waals surface area (Å²) in [6.45, 7) is 1.42. The lowest BCUT2D eigenvalue weighted by molar-refractivity contribution is -0.121. The van der Waals surface area contributed by atoms with E-state index in [1.54, 1.807) is 7.11 Å². The average molecular weight is 272 g/mol. The van der Waals surface area contributed by atoms with E-state index in [1.807, 2.05) is 48.8 Å². The molecule has 1 heterocycles. The van der Waals surface area contributed by atoms with E-state index in [0.29, 0.717) is 13.0 Å². The molecule has 106 valence electrons. The Bertz CT molecular complexity index is 535. The number of carbonyl (C=O) groups is 1. The molecule has 1 aromatic carbocycles. The highest BCUT2D eigenvalue weighted by Gasteiger charge is 2.02. The van der Waals surface area contributed by atoms with Gasteiger partial charge in [-0.1, -0.05) is 12.1 Å². The van der Waals surface area contributed by atoms with E-state index < -0.39 is 0 Å². The number of carbonyl (C=O) groups excluding carboxylic acids is 1. The molecule has 0 aliphatic heterocycles. The van der Waals surface area contributed by atoms with Crippen LogP contribution in [0.1, 0.15) is 18.4 Å². The van der Waals surface area contributed by atoms with Crippen molar-refractivity contribution in [2.45, 2.75) is 25.9 Å². The van der Waals surface area contributed by atoms with Gasteiger partial charge >= 0.3 is 0 Å². The molecule has 0 saturated carbocycles. The lowest BCUT2D eigenvalue weighted by atomic mass is 10.2. The molecule has 1 amide bonds. The summed E-state index contributed by atoms with van der Waals surface area (Å²) in [6, 6.07) is 11.7. The maximum absolute atomic E-state index is 11.7. The fourth-order valence-electron chi connectivity index (χ4n) is 2.01. The molecule has 1 N–H and O–H groups in total. The number of benzene rings is 1. The van der Waals surface area contributed by atoms with Crippen molar-refractivity contribution in [3.8, 4) is 5.75 Å². The Kier molecular flexibility index (Phi) is 5.24. The second-order valence-corrected chi connectivity index (χ2v) is 4.65. The van der Waals surface area contributed by atoms with E-state index in [9.17, 15) is 4.79 Å². The van der Waals surface area contributed by atoms with Gasteiger partial charge in [-0.25, -0.2) is 0 Å². The molecular weight excluding hydrogens is 252 g/mol. The number of nitrogens with one attached hydrogen (secondary N) is 1. The predicted octanol–water partition coefficient (Wildman–Crippen LogP) is 2.59. The minimum atomic E-state index is 0.0833. The lowest BCUT2D eigenvalue weighted by Gasteiger charge is -2.07. The molecule has 20 heavy (non-hydrogen) atoms. The van der Waals surface area contributed by atoms with Crippen LogP contribution in [0.4, 0.5) is 0 Å². The van der Waals surface area contributed by atoms with Gasteiger partial charge in [-0.2, -0.15) is 0 Å². The second kappa shape index (κ2) is 7.38. The molecule has 0 unspecified atom stereocenters. The first-order valence-electron chi connectivity index (χ1n) is 6.78. The number of methoxy groups -OCH3 is 1. The highest BCUT2D eigenvalue weighted by Crippen LogP contribution is 2.12. The van der Waals surface area contributed by atoms with Gasteiger partial charge in [0.1, 0.15) is 5.75 Å². The minimum absolute atomic E-state index is 0.0833. The Labute approximate surface area is 119 Å². The first-order valence-corrected chi connectivity index (χ1v) is 6.78. The van der Waals surface area contributed by atoms with Crippen molar-refractivity contribution in [2.75, 3.05) is 7.11 Å². The first-order chi connectivity index (χ1) is 9.78. The first kappa shape index (κ1) is 14.2. The van der Waals surface area contributed by atoms with E-state index in [-0.39, 0.29) is 5.91 Å². The van der Waals surface area contributed by atoms with Crippen molar-refractivity contribution in [3.05, 3.63) is 54.4 Å². The third kappa shape index (κ3) is 4.46. The number of nitrogens with zero attached hydrogens (tertiary/aromatic N) is 1. The largest absolute Gasteiger partial charge is 0.497 e. The Balaban J connectivity index is 1.69. The Morgan fingerprint density at radius 2 is 2.05 bits per heavy atom. The van der Waals surface area contributed by atoms with Gasteiger partial charge in [-0.05, 0) is 36.2 Å². The van der Waals surface area contributed by atoms with Gasteiger partial charge in [-0.15, -0.1) is 0 Å². The molecule has 0 saturated heterocycles. The van der Waals surface area contributed by atoms with Crippen molar-refractivity contribution in [2.24, 2.45) is 0 Å². The molecule has 0 fully saturated rings. The number of amides is 1. The van der Waals surface area contributed by atoms with Crippen LogP contribution >= 0.6 is 0 Å². The Hall–Kier alpha value is -2.23. The predicted molar refractivity (Wildman–Crippen MR) is 78.5 cm³/mol. The summed E-state index contributed by atoms with van der Waals surface area (Å²) < 4.78 is 7.23. The van der Waals surface area contributed by atoms with Crippen molar-refractivity contribution in [1.29, 1.82) is 0 Å². The fraction of sp³-hybridized carbons (Fsp3) is 0.312. The third-order valence-corrected chi connectivity index (χ3v) is 3.11.